The Morgan fingerprint density at radius 3 is 2.71 bits per heavy atom. The Bertz CT molecular complexity index is 598. The van der Waals surface area contributed by atoms with Crippen molar-refractivity contribution in [3.63, 3.8) is 0 Å². The molecule has 1 unspecified atom stereocenters. The fraction of sp³-hybridized carbons (Fsp3) is 0.429. The highest BCUT2D eigenvalue weighted by molar-refractivity contribution is 5.77. The summed E-state index contributed by atoms with van der Waals surface area (Å²) in [5, 5.41) is 11.7. The van der Waals surface area contributed by atoms with E-state index < -0.39 is 5.41 Å². The average molecular weight is 289 g/mol. The van der Waals surface area contributed by atoms with Crippen LogP contribution in [0.3, 0.4) is 0 Å². The monoisotopic (exact) mass is 289 g/mol. The summed E-state index contributed by atoms with van der Waals surface area (Å²) >= 11 is 0. The van der Waals surface area contributed by atoms with Crippen LogP contribution in [0.15, 0.2) is 30.3 Å². The van der Waals surface area contributed by atoms with Crippen LogP contribution in [0.1, 0.15) is 19.7 Å². The maximum atomic E-state index is 12.1. The Kier molecular flexibility index (Phi) is 4.64. The largest absolute Gasteiger partial charge is 0.466 e. The molecule has 0 saturated heterocycles. The summed E-state index contributed by atoms with van der Waals surface area (Å²) in [5.41, 5.74) is 5.75. The minimum Gasteiger partial charge on any atom is -0.466 e. The van der Waals surface area contributed by atoms with E-state index in [1.54, 1.807) is 18.5 Å². The van der Waals surface area contributed by atoms with Gasteiger partial charge in [-0.25, -0.2) is 0 Å². The molecule has 0 saturated carbocycles. The molecule has 2 rings (SSSR count). The Morgan fingerprint density at radius 2 is 2.10 bits per heavy atom. The smallest absolute Gasteiger partial charge is 0.313 e. The number of benzene rings is 1. The quantitative estimate of drug-likeness (QED) is 0.788. The van der Waals surface area contributed by atoms with Crippen molar-refractivity contribution in [1.82, 2.24) is 20.2 Å². The first kappa shape index (κ1) is 15.1. The number of carbonyl (C=O) groups excluding carboxylic acids is 1. The zero-order chi connectivity index (χ0) is 15.3. The molecule has 1 atom stereocenters. The molecular weight excluding hydrogens is 270 g/mol. The SMILES string of the molecule is CCOC(=O)C(C)(CN)Cc1nnnn1-c1ccccc1. The topological polar surface area (TPSA) is 95.9 Å². The van der Waals surface area contributed by atoms with Crippen LogP contribution in [0.4, 0.5) is 0 Å². The van der Waals surface area contributed by atoms with E-state index in [2.05, 4.69) is 15.5 Å². The van der Waals surface area contributed by atoms with E-state index in [-0.39, 0.29) is 12.5 Å². The number of rotatable bonds is 6. The van der Waals surface area contributed by atoms with E-state index in [4.69, 9.17) is 10.5 Å². The van der Waals surface area contributed by atoms with Crippen molar-refractivity contribution in [2.45, 2.75) is 20.3 Å². The zero-order valence-corrected chi connectivity index (χ0v) is 12.2. The third-order valence-corrected chi connectivity index (χ3v) is 3.30. The number of carbonyl (C=O) groups is 1. The lowest BCUT2D eigenvalue weighted by Crippen LogP contribution is -2.40. The van der Waals surface area contributed by atoms with Crippen molar-refractivity contribution in [2.75, 3.05) is 13.2 Å². The van der Waals surface area contributed by atoms with Gasteiger partial charge < -0.3 is 10.5 Å². The Labute approximate surface area is 123 Å². The molecule has 0 amide bonds. The molecule has 2 aromatic rings. The molecule has 1 aromatic heterocycles. The lowest BCUT2D eigenvalue weighted by atomic mass is 9.86. The molecule has 2 N–H and O–H groups in total. The number of ether oxygens (including phenoxy) is 1. The highest BCUT2D eigenvalue weighted by Gasteiger charge is 2.35. The fourth-order valence-corrected chi connectivity index (χ4v) is 1.97. The van der Waals surface area contributed by atoms with Crippen LogP contribution in [-0.2, 0) is 16.0 Å². The third-order valence-electron chi connectivity index (χ3n) is 3.30. The van der Waals surface area contributed by atoms with Gasteiger partial charge in [-0.15, -0.1) is 5.10 Å². The number of nitrogens with zero attached hydrogens (tertiary/aromatic N) is 4. The van der Waals surface area contributed by atoms with Gasteiger partial charge in [0.05, 0.1) is 17.7 Å². The molecule has 1 aromatic carbocycles. The van der Waals surface area contributed by atoms with Gasteiger partial charge in [-0.1, -0.05) is 18.2 Å². The van der Waals surface area contributed by atoms with Crippen molar-refractivity contribution in [3.05, 3.63) is 36.2 Å². The number of aromatic nitrogens is 4. The van der Waals surface area contributed by atoms with E-state index in [0.717, 1.165) is 5.69 Å². The second kappa shape index (κ2) is 6.45. The van der Waals surface area contributed by atoms with Crippen LogP contribution in [-0.4, -0.2) is 39.3 Å². The minimum atomic E-state index is -0.850. The van der Waals surface area contributed by atoms with E-state index in [1.807, 2.05) is 30.3 Å². The summed E-state index contributed by atoms with van der Waals surface area (Å²) in [6.45, 7) is 4.00. The lowest BCUT2D eigenvalue weighted by Gasteiger charge is -2.24. The number of tetrazole rings is 1. The van der Waals surface area contributed by atoms with E-state index >= 15 is 0 Å². The molecule has 0 aliphatic heterocycles. The molecule has 0 bridgehead atoms. The van der Waals surface area contributed by atoms with Crippen molar-refractivity contribution in [3.8, 4) is 5.69 Å². The van der Waals surface area contributed by atoms with Gasteiger partial charge in [0.25, 0.3) is 0 Å². The number of hydrogen-bond acceptors (Lipinski definition) is 6. The van der Waals surface area contributed by atoms with Crippen molar-refractivity contribution in [2.24, 2.45) is 11.1 Å². The summed E-state index contributed by atoms with van der Waals surface area (Å²) in [5.74, 6) is 0.234. The van der Waals surface area contributed by atoms with Gasteiger partial charge in [-0.3, -0.25) is 4.79 Å². The molecule has 7 nitrogen and oxygen atoms in total. The molecule has 7 heteroatoms. The molecule has 0 spiro atoms. The summed E-state index contributed by atoms with van der Waals surface area (Å²) in [4.78, 5) is 12.1. The van der Waals surface area contributed by atoms with Crippen LogP contribution in [0.5, 0.6) is 0 Å². The average Bonchev–Trinajstić information content (AvgIpc) is 2.96. The van der Waals surface area contributed by atoms with E-state index in [0.29, 0.717) is 18.9 Å². The molecule has 0 aliphatic carbocycles. The third kappa shape index (κ3) is 3.25. The first-order valence-corrected chi connectivity index (χ1v) is 6.80. The predicted molar refractivity (Wildman–Crippen MR) is 76.7 cm³/mol. The summed E-state index contributed by atoms with van der Waals surface area (Å²) in [6.07, 6.45) is 0.310. The molecular formula is C14H19N5O2. The van der Waals surface area contributed by atoms with Gasteiger partial charge >= 0.3 is 5.97 Å². The minimum absolute atomic E-state index is 0.160. The summed E-state index contributed by atoms with van der Waals surface area (Å²) < 4.78 is 6.70. The Balaban J connectivity index is 2.28. The Morgan fingerprint density at radius 1 is 1.38 bits per heavy atom. The van der Waals surface area contributed by atoms with Gasteiger partial charge in [0.1, 0.15) is 0 Å². The van der Waals surface area contributed by atoms with Gasteiger partial charge in [-0.05, 0) is 36.4 Å². The molecule has 0 aliphatic rings. The number of esters is 1. The van der Waals surface area contributed by atoms with E-state index in [1.165, 1.54) is 0 Å². The van der Waals surface area contributed by atoms with Crippen molar-refractivity contribution < 1.29 is 9.53 Å². The van der Waals surface area contributed by atoms with Gasteiger partial charge in [0.2, 0.25) is 0 Å². The standard InChI is InChI=1S/C14H19N5O2/c1-3-21-13(20)14(2,10-15)9-12-16-17-18-19(12)11-7-5-4-6-8-11/h4-8H,3,9-10,15H2,1-2H3. The second-order valence-electron chi connectivity index (χ2n) is 5.00. The number of hydrogen-bond donors (Lipinski definition) is 1. The number of nitrogens with two attached hydrogens (primary N) is 1. The van der Waals surface area contributed by atoms with Crippen LogP contribution in [0.2, 0.25) is 0 Å². The van der Waals surface area contributed by atoms with Crippen LogP contribution in [0.25, 0.3) is 5.69 Å². The molecule has 112 valence electrons. The van der Waals surface area contributed by atoms with Crippen LogP contribution >= 0.6 is 0 Å². The second-order valence-corrected chi connectivity index (χ2v) is 5.00. The Hall–Kier alpha value is -2.28. The van der Waals surface area contributed by atoms with Gasteiger partial charge in [0.15, 0.2) is 5.82 Å². The predicted octanol–water partition coefficient (Wildman–Crippen LogP) is 0.733. The van der Waals surface area contributed by atoms with Crippen LogP contribution in [0, 0.1) is 5.41 Å². The highest BCUT2D eigenvalue weighted by atomic mass is 16.5. The normalized spacial score (nSPS) is 13.7. The van der Waals surface area contributed by atoms with Crippen molar-refractivity contribution >= 4 is 5.97 Å². The fourth-order valence-electron chi connectivity index (χ4n) is 1.97. The summed E-state index contributed by atoms with van der Waals surface area (Å²) in [6, 6.07) is 9.49. The zero-order valence-electron chi connectivity index (χ0n) is 12.2. The van der Waals surface area contributed by atoms with Crippen molar-refractivity contribution in [1.29, 1.82) is 0 Å². The molecule has 1 heterocycles. The maximum absolute atomic E-state index is 12.1. The maximum Gasteiger partial charge on any atom is 0.313 e. The van der Waals surface area contributed by atoms with E-state index in [9.17, 15) is 4.79 Å². The molecule has 21 heavy (non-hydrogen) atoms. The van der Waals surface area contributed by atoms with Crippen LogP contribution < -0.4 is 5.73 Å². The number of para-hydroxylation sites is 1. The van der Waals surface area contributed by atoms with Gasteiger partial charge in [-0.2, -0.15) is 4.68 Å². The first-order valence-electron chi connectivity index (χ1n) is 6.80. The summed E-state index contributed by atoms with van der Waals surface area (Å²) in [7, 11) is 0. The highest BCUT2D eigenvalue weighted by Crippen LogP contribution is 2.23. The molecule has 0 fully saturated rings. The van der Waals surface area contributed by atoms with Gasteiger partial charge in [0, 0.05) is 13.0 Å². The lowest BCUT2D eigenvalue weighted by molar-refractivity contribution is -0.153. The molecule has 0 radical (unpaired) electrons. The first-order chi connectivity index (χ1) is 10.1.